The molecule has 2 unspecified atom stereocenters. The average molecular weight is 330 g/mol. The molecule has 15 heavy (non-hydrogen) atoms. The van der Waals surface area contributed by atoms with Gasteiger partial charge in [-0.2, -0.15) is 0 Å². The molecule has 0 spiro atoms. The van der Waals surface area contributed by atoms with E-state index in [1.807, 2.05) is 12.1 Å². The molecule has 1 aromatic heterocycles. The van der Waals surface area contributed by atoms with Gasteiger partial charge in [-0.25, -0.2) is 8.42 Å². The smallest absolute Gasteiger partial charge is 0.154 e. The molecule has 0 bridgehead atoms. The fourth-order valence-corrected chi connectivity index (χ4v) is 6.07. The Balaban J connectivity index is 2.25. The molecule has 1 aromatic rings. The second kappa shape index (κ2) is 4.35. The Bertz CT molecular complexity index is 454. The van der Waals surface area contributed by atoms with Crippen LogP contribution >= 0.6 is 38.9 Å². The molecule has 2 atom stereocenters. The summed E-state index contributed by atoms with van der Waals surface area (Å²) in [4.78, 5) is 0.930. The second-order valence-corrected chi connectivity index (χ2v) is 8.90. The number of halogens is 2. The van der Waals surface area contributed by atoms with Crippen molar-refractivity contribution in [1.82, 2.24) is 0 Å². The van der Waals surface area contributed by atoms with E-state index >= 15 is 0 Å². The van der Waals surface area contributed by atoms with Gasteiger partial charge in [-0.1, -0.05) is 0 Å². The predicted octanol–water partition coefficient (Wildman–Crippen LogP) is 3.37. The first-order chi connectivity index (χ1) is 7.00. The Morgan fingerprint density at radius 1 is 1.53 bits per heavy atom. The maximum absolute atomic E-state index is 11.7. The van der Waals surface area contributed by atoms with Crippen LogP contribution in [-0.4, -0.2) is 19.4 Å². The van der Waals surface area contributed by atoms with Crippen LogP contribution in [0.3, 0.4) is 0 Å². The fourth-order valence-electron chi connectivity index (χ4n) is 1.80. The van der Waals surface area contributed by atoms with Gasteiger partial charge in [0.15, 0.2) is 9.84 Å². The number of hydrogen-bond donors (Lipinski definition) is 0. The van der Waals surface area contributed by atoms with Gasteiger partial charge in [-0.15, -0.1) is 22.9 Å². The van der Waals surface area contributed by atoms with E-state index in [-0.39, 0.29) is 5.75 Å². The monoisotopic (exact) mass is 328 g/mol. The first-order valence-electron chi connectivity index (χ1n) is 4.61. The van der Waals surface area contributed by atoms with Gasteiger partial charge in [0.2, 0.25) is 0 Å². The van der Waals surface area contributed by atoms with Crippen molar-refractivity contribution >= 4 is 48.7 Å². The lowest BCUT2D eigenvalue weighted by Gasteiger charge is -2.14. The van der Waals surface area contributed by atoms with Crippen LogP contribution in [0.2, 0.25) is 0 Å². The highest BCUT2D eigenvalue weighted by Gasteiger charge is 2.37. The largest absolute Gasteiger partial charge is 0.228 e. The first-order valence-corrected chi connectivity index (χ1v) is 8.38. The summed E-state index contributed by atoms with van der Waals surface area (Å²) in [6.07, 6.45) is 1.43. The summed E-state index contributed by atoms with van der Waals surface area (Å²) in [5.41, 5.74) is 0. The minimum absolute atomic E-state index is 0.285. The highest BCUT2D eigenvalue weighted by atomic mass is 79.9. The molecule has 2 rings (SSSR count). The van der Waals surface area contributed by atoms with Crippen molar-refractivity contribution in [1.29, 1.82) is 0 Å². The highest BCUT2D eigenvalue weighted by molar-refractivity contribution is 9.11. The van der Waals surface area contributed by atoms with Crippen LogP contribution < -0.4 is 0 Å². The SMILES string of the molecule is O=S1(=O)CCCC1C(Cl)c1ccc(Br)s1. The lowest BCUT2D eigenvalue weighted by molar-refractivity contribution is 0.587. The van der Waals surface area contributed by atoms with E-state index in [4.69, 9.17) is 11.6 Å². The maximum Gasteiger partial charge on any atom is 0.154 e. The lowest BCUT2D eigenvalue weighted by Crippen LogP contribution is -2.20. The normalized spacial score (nSPS) is 26.7. The molecule has 0 saturated carbocycles. The van der Waals surface area contributed by atoms with E-state index in [9.17, 15) is 8.42 Å². The third-order valence-electron chi connectivity index (χ3n) is 2.57. The van der Waals surface area contributed by atoms with E-state index in [1.165, 1.54) is 11.3 Å². The Kier molecular flexibility index (Phi) is 3.45. The van der Waals surface area contributed by atoms with Gasteiger partial charge >= 0.3 is 0 Å². The minimum atomic E-state index is -2.97. The van der Waals surface area contributed by atoms with Crippen LogP contribution in [0.15, 0.2) is 15.9 Å². The fraction of sp³-hybridized carbons (Fsp3) is 0.556. The molecule has 2 heterocycles. The average Bonchev–Trinajstić information content (AvgIpc) is 2.70. The Morgan fingerprint density at radius 2 is 2.27 bits per heavy atom. The Labute approximate surface area is 107 Å². The summed E-state index contributed by atoms with van der Waals surface area (Å²) < 4.78 is 24.4. The van der Waals surface area contributed by atoms with Gasteiger partial charge in [0.25, 0.3) is 0 Å². The number of rotatable bonds is 2. The van der Waals surface area contributed by atoms with Crippen molar-refractivity contribution in [2.24, 2.45) is 0 Å². The number of alkyl halides is 1. The Morgan fingerprint density at radius 3 is 2.73 bits per heavy atom. The van der Waals surface area contributed by atoms with Crippen molar-refractivity contribution < 1.29 is 8.42 Å². The molecule has 84 valence electrons. The molecule has 6 heteroatoms. The van der Waals surface area contributed by atoms with Crippen LogP contribution in [0.1, 0.15) is 23.1 Å². The van der Waals surface area contributed by atoms with E-state index in [1.54, 1.807) is 0 Å². The van der Waals surface area contributed by atoms with Crippen LogP contribution in [0.25, 0.3) is 0 Å². The van der Waals surface area contributed by atoms with Crippen molar-refractivity contribution in [3.8, 4) is 0 Å². The minimum Gasteiger partial charge on any atom is -0.228 e. The molecule has 1 fully saturated rings. The zero-order chi connectivity index (χ0) is 11.1. The van der Waals surface area contributed by atoms with Gasteiger partial charge in [-0.3, -0.25) is 0 Å². The number of thiophene rings is 1. The highest BCUT2D eigenvalue weighted by Crippen LogP contribution is 2.39. The third-order valence-corrected chi connectivity index (χ3v) is 7.38. The van der Waals surface area contributed by atoms with Crippen molar-refractivity contribution in [2.45, 2.75) is 23.5 Å². The molecule has 0 aromatic carbocycles. The van der Waals surface area contributed by atoms with Crippen molar-refractivity contribution in [3.05, 3.63) is 20.8 Å². The van der Waals surface area contributed by atoms with Crippen LogP contribution in [0.4, 0.5) is 0 Å². The van der Waals surface area contributed by atoms with Gasteiger partial charge < -0.3 is 0 Å². The molecule has 1 aliphatic rings. The summed E-state index contributed by atoms with van der Waals surface area (Å²) in [6.45, 7) is 0. The van der Waals surface area contributed by atoms with Gasteiger partial charge in [0.1, 0.15) is 0 Å². The van der Waals surface area contributed by atoms with Crippen molar-refractivity contribution in [3.63, 3.8) is 0 Å². The standard InChI is InChI=1S/C9H10BrClO2S2/c10-8-4-3-6(14-8)9(11)7-2-1-5-15(7,12)13/h3-4,7,9H,1-2,5H2. The van der Waals surface area contributed by atoms with Crippen LogP contribution in [0.5, 0.6) is 0 Å². The van der Waals surface area contributed by atoms with Crippen LogP contribution in [-0.2, 0) is 9.84 Å². The Hall–Kier alpha value is 0.420. The number of hydrogen-bond acceptors (Lipinski definition) is 3. The zero-order valence-electron chi connectivity index (χ0n) is 7.82. The zero-order valence-corrected chi connectivity index (χ0v) is 11.8. The molecule has 1 saturated heterocycles. The molecular weight excluding hydrogens is 320 g/mol. The van der Waals surface area contributed by atoms with E-state index in [0.717, 1.165) is 15.1 Å². The molecule has 0 N–H and O–H groups in total. The molecule has 2 nitrogen and oxygen atoms in total. The van der Waals surface area contributed by atoms with Gasteiger partial charge in [0.05, 0.1) is 20.2 Å². The lowest BCUT2D eigenvalue weighted by atomic mass is 10.2. The van der Waals surface area contributed by atoms with Crippen LogP contribution in [0, 0.1) is 0 Å². The van der Waals surface area contributed by atoms with E-state index < -0.39 is 20.5 Å². The quantitative estimate of drug-likeness (QED) is 0.780. The summed E-state index contributed by atoms with van der Waals surface area (Å²) in [5, 5.41) is -0.793. The summed E-state index contributed by atoms with van der Waals surface area (Å²) in [7, 11) is -2.97. The first kappa shape index (κ1) is 11.9. The molecular formula is C9H10BrClO2S2. The molecule has 0 amide bonds. The maximum atomic E-state index is 11.7. The topological polar surface area (TPSA) is 34.1 Å². The third kappa shape index (κ3) is 2.40. The summed E-state index contributed by atoms with van der Waals surface area (Å²) >= 11 is 11.1. The number of sulfone groups is 1. The summed E-state index contributed by atoms with van der Waals surface area (Å²) in [5.74, 6) is 0.285. The summed E-state index contributed by atoms with van der Waals surface area (Å²) in [6, 6.07) is 3.79. The molecule has 0 radical (unpaired) electrons. The predicted molar refractivity (Wildman–Crippen MR) is 67.4 cm³/mol. The van der Waals surface area contributed by atoms with Gasteiger partial charge in [-0.05, 0) is 40.9 Å². The van der Waals surface area contributed by atoms with Gasteiger partial charge in [0, 0.05) is 4.88 Å². The van der Waals surface area contributed by atoms with E-state index in [0.29, 0.717) is 6.42 Å². The second-order valence-electron chi connectivity index (χ2n) is 3.59. The van der Waals surface area contributed by atoms with E-state index in [2.05, 4.69) is 15.9 Å². The molecule has 1 aliphatic heterocycles. The van der Waals surface area contributed by atoms with Crippen molar-refractivity contribution in [2.75, 3.05) is 5.75 Å². The molecule has 0 aliphatic carbocycles.